The fourth-order valence-corrected chi connectivity index (χ4v) is 5.47. The molecular formula is C33H36N4O. The molecule has 0 bridgehead atoms. The zero-order valence-electron chi connectivity index (χ0n) is 22.4. The van der Waals surface area contributed by atoms with Crippen molar-refractivity contribution in [3.63, 3.8) is 0 Å². The minimum absolute atomic E-state index is 0.168. The van der Waals surface area contributed by atoms with Crippen LogP contribution in [0.15, 0.2) is 91.0 Å². The van der Waals surface area contributed by atoms with Gasteiger partial charge in [-0.15, -0.1) is 0 Å². The number of rotatable bonds is 7. The number of anilines is 1. The van der Waals surface area contributed by atoms with E-state index in [1.165, 1.54) is 11.1 Å². The van der Waals surface area contributed by atoms with Gasteiger partial charge in [-0.05, 0) is 36.5 Å². The molecule has 0 saturated carbocycles. The van der Waals surface area contributed by atoms with E-state index in [2.05, 4.69) is 71.3 Å². The number of hydrogen-bond acceptors (Lipinski definition) is 4. The van der Waals surface area contributed by atoms with Crippen molar-refractivity contribution in [3.05, 3.63) is 125 Å². The molecule has 1 saturated heterocycles. The number of amides is 1. The quantitative estimate of drug-likeness (QED) is 0.319. The zero-order chi connectivity index (χ0) is 26.3. The van der Waals surface area contributed by atoms with Gasteiger partial charge in [-0.1, -0.05) is 97.9 Å². The van der Waals surface area contributed by atoms with E-state index in [0.717, 1.165) is 67.4 Å². The van der Waals surface area contributed by atoms with Crippen molar-refractivity contribution in [3.8, 4) is 0 Å². The molecule has 1 aliphatic heterocycles. The smallest absolute Gasteiger partial charge is 0.234 e. The molecule has 5 heteroatoms. The van der Waals surface area contributed by atoms with E-state index >= 15 is 0 Å². The van der Waals surface area contributed by atoms with Gasteiger partial charge in [-0.25, -0.2) is 9.97 Å². The Labute approximate surface area is 226 Å². The van der Waals surface area contributed by atoms with Crippen molar-refractivity contribution in [1.29, 1.82) is 0 Å². The van der Waals surface area contributed by atoms with Crippen LogP contribution in [-0.4, -0.2) is 47.0 Å². The van der Waals surface area contributed by atoms with Gasteiger partial charge in [-0.3, -0.25) is 4.79 Å². The van der Waals surface area contributed by atoms with E-state index < -0.39 is 0 Å². The first kappa shape index (κ1) is 25.7. The van der Waals surface area contributed by atoms with Gasteiger partial charge in [0, 0.05) is 43.9 Å². The molecule has 2 heterocycles. The van der Waals surface area contributed by atoms with E-state index in [4.69, 9.17) is 9.97 Å². The Morgan fingerprint density at radius 1 is 0.789 bits per heavy atom. The van der Waals surface area contributed by atoms with Crippen molar-refractivity contribution < 1.29 is 4.79 Å². The Morgan fingerprint density at radius 2 is 1.39 bits per heavy atom. The molecule has 1 amide bonds. The Bertz CT molecular complexity index is 1300. The Kier molecular flexibility index (Phi) is 8.12. The van der Waals surface area contributed by atoms with E-state index in [0.29, 0.717) is 6.54 Å². The number of carbonyl (C=O) groups is 1. The van der Waals surface area contributed by atoms with Crippen LogP contribution < -0.4 is 4.90 Å². The zero-order valence-corrected chi connectivity index (χ0v) is 22.4. The second-order valence-electron chi connectivity index (χ2n) is 9.96. The highest BCUT2D eigenvalue weighted by atomic mass is 16.2. The summed E-state index contributed by atoms with van der Waals surface area (Å²) in [4.78, 5) is 28.2. The number of benzene rings is 3. The predicted octanol–water partition coefficient (Wildman–Crippen LogP) is 5.81. The molecule has 4 aromatic rings. The fraction of sp³-hybridized carbons (Fsp3) is 0.303. The van der Waals surface area contributed by atoms with Crippen LogP contribution in [-0.2, 0) is 17.6 Å². The first-order valence-corrected chi connectivity index (χ1v) is 13.7. The van der Waals surface area contributed by atoms with Crippen molar-refractivity contribution in [2.75, 3.05) is 31.1 Å². The van der Waals surface area contributed by atoms with Crippen LogP contribution in [0.3, 0.4) is 0 Å². The summed E-state index contributed by atoms with van der Waals surface area (Å²) in [6.45, 7) is 7.17. The lowest BCUT2D eigenvalue weighted by atomic mass is 9.90. The maximum absolute atomic E-state index is 14.0. The summed E-state index contributed by atoms with van der Waals surface area (Å²) in [6, 6.07) is 30.9. The second-order valence-corrected chi connectivity index (χ2v) is 9.96. The fourth-order valence-electron chi connectivity index (χ4n) is 5.47. The highest BCUT2D eigenvalue weighted by molar-refractivity contribution is 5.87. The second kappa shape index (κ2) is 12.0. The van der Waals surface area contributed by atoms with Crippen LogP contribution in [0.25, 0.3) is 0 Å². The Balaban J connectivity index is 1.41. The summed E-state index contributed by atoms with van der Waals surface area (Å²) < 4.78 is 0. The summed E-state index contributed by atoms with van der Waals surface area (Å²) in [5.41, 5.74) is 5.65. The van der Waals surface area contributed by atoms with Crippen molar-refractivity contribution in [2.24, 2.45) is 0 Å². The predicted molar refractivity (Wildman–Crippen MR) is 154 cm³/mol. The van der Waals surface area contributed by atoms with Crippen LogP contribution in [0.5, 0.6) is 0 Å². The van der Waals surface area contributed by atoms with Crippen molar-refractivity contribution >= 4 is 11.7 Å². The molecule has 0 unspecified atom stereocenters. The van der Waals surface area contributed by atoms with Gasteiger partial charge in [0.15, 0.2) is 0 Å². The number of hydrogen-bond donors (Lipinski definition) is 0. The van der Waals surface area contributed by atoms with E-state index in [1.807, 2.05) is 43.3 Å². The van der Waals surface area contributed by atoms with Gasteiger partial charge in [-0.2, -0.15) is 0 Å². The van der Waals surface area contributed by atoms with E-state index in [1.54, 1.807) is 0 Å². The molecule has 0 N–H and O–H groups in total. The van der Waals surface area contributed by atoms with E-state index in [9.17, 15) is 4.79 Å². The lowest BCUT2D eigenvalue weighted by Crippen LogP contribution is -2.39. The van der Waals surface area contributed by atoms with Crippen molar-refractivity contribution in [2.45, 2.75) is 39.0 Å². The van der Waals surface area contributed by atoms with Crippen LogP contribution in [0.1, 0.15) is 53.0 Å². The third-order valence-electron chi connectivity index (χ3n) is 7.36. The Morgan fingerprint density at radius 3 is 2.00 bits per heavy atom. The van der Waals surface area contributed by atoms with Gasteiger partial charge >= 0.3 is 0 Å². The standard InChI is InChI=1S/C33H36N4O/c1-3-30-29(24-26-14-7-4-8-15-26)32(35-25(2)34-30)36-20-13-21-37(23-22-36)33(38)31(27-16-9-5-10-17-27)28-18-11-6-12-19-28/h4-12,14-19,31H,3,13,20-24H2,1-2H3. The van der Waals surface area contributed by atoms with Crippen LogP contribution in [0.4, 0.5) is 5.82 Å². The average molecular weight is 505 g/mol. The van der Waals surface area contributed by atoms with Crippen LogP contribution in [0, 0.1) is 6.92 Å². The summed E-state index contributed by atoms with van der Waals surface area (Å²) >= 11 is 0. The molecule has 1 aliphatic rings. The normalized spacial score (nSPS) is 14.0. The summed E-state index contributed by atoms with van der Waals surface area (Å²) in [5.74, 6) is 1.70. The molecule has 5 nitrogen and oxygen atoms in total. The first-order valence-electron chi connectivity index (χ1n) is 13.7. The van der Waals surface area contributed by atoms with Gasteiger partial charge in [0.2, 0.25) is 5.91 Å². The van der Waals surface area contributed by atoms with Crippen LogP contribution >= 0.6 is 0 Å². The van der Waals surface area contributed by atoms with Gasteiger partial charge in [0.25, 0.3) is 0 Å². The third-order valence-corrected chi connectivity index (χ3v) is 7.36. The molecule has 0 atom stereocenters. The first-order chi connectivity index (χ1) is 18.6. The molecule has 0 radical (unpaired) electrons. The van der Waals surface area contributed by atoms with Gasteiger partial charge < -0.3 is 9.80 Å². The van der Waals surface area contributed by atoms with Gasteiger partial charge in [0.1, 0.15) is 11.6 Å². The van der Waals surface area contributed by atoms with Crippen molar-refractivity contribution in [1.82, 2.24) is 14.9 Å². The summed E-state index contributed by atoms with van der Waals surface area (Å²) in [6.07, 6.45) is 2.58. The van der Waals surface area contributed by atoms with E-state index in [-0.39, 0.29) is 11.8 Å². The number of aromatic nitrogens is 2. The molecule has 0 spiro atoms. The average Bonchev–Trinajstić information content (AvgIpc) is 3.22. The maximum Gasteiger partial charge on any atom is 0.234 e. The summed E-state index contributed by atoms with van der Waals surface area (Å²) in [5, 5.41) is 0. The number of aryl methyl sites for hydroxylation is 2. The molecule has 1 aromatic heterocycles. The monoisotopic (exact) mass is 504 g/mol. The SMILES string of the molecule is CCc1nc(C)nc(N2CCCN(C(=O)C(c3ccccc3)c3ccccc3)CC2)c1Cc1ccccc1. The summed E-state index contributed by atoms with van der Waals surface area (Å²) in [7, 11) is 0. The minimum Gasteiger partial charge on any atom is -0.354 e. The number of nitrogens with zero attached hydrogens (tertiary/aromatic N) is 4. The molecule has 194 valence electrons. The third kappa shape index (κ3) is 5.77. The molecule has 38 heavy (non-hydrogen) atoms. The largest absolute Gasteiger partial charge is 0.354 e. The highest BCUT2D eigenvalue weighted by Crippen LogP contribution is 2.29. The lowest BCUT2D eigenvalue weighted by Gasteiger charge is -2.28. The topological polar surface area (TPSA) is 49.3 Å². The maximum atomic E-state index is 14.0. The molecule has 1 fully saturated rings. The highest BCUT2D eigenvalue weighted by Gasteiger charge is 2.30. The molecular weight excluding hydrogens is 468 g/mol. The molecule has 5 rings (SSSR count). The molecule has 3 aromatic carbocycles. The van der Waals surface area contributed by atoms with Gasteiger partial charge in [0.05, 0.1) is 5.92 Å². The van der Waals surface area contributed by atoms with Crippen LogP contribution in [0.2, 0.25) is 0 Å². The number of carbonyl (C=O) groups excluding carboxylic acids is 1. The minimum atomic E-state index is -0.300. The lowest BCUT2D eigenvalue weighted by molar-refractivity contribution is -0.131. The Hall–Kier alpha value is -3.99. The molecule has 0 aliphatic carbocycles.